The van der Waals surface area contributed by atoms with E-state index in [1.54, 1.807) is 12.3 Å². The zero-order valence-corrected chi connectivity index (χ0v) is 10.9. The van der Waals surface area contributed by atoms with Gasteiger partial charge in [0.2, 0.25) is 10.0 Å². The number of pyridine rings is 1. The lowest BCUT2D eigenvalue weighted by atomic mass is 10.0. The normalized spacial score (nSPS) is 20.2. The smallest absolute Gasteiger partial charge is 0.235 e. The van der Waals surface area contributed by atoms with E-state index in [9.17, 15) is 8.42 Å². The second-order valence-electron chi connectivity index (χ2n) is 5.05. The van der Waals surface area contributed by atoms with Crippen molar-refractivity contribution in [3.8, 4) is 0 Å². The van der Waals surface area contributed by atoms with E-state index < -0.39 is 10.0 Å². The van der Waals surface area contributed by atoms with Gasteiger partial charge in [-0.2, -0.15) is 0 Å². The van der Waals surface area contributed by atoms with Crippen LogP contribution in [0.1, 0.15) is 32.1 Å². The highest BCUT2D eigenvalue weighted by atomic mass is 32.2. The highest BCUT2D eigenvalue weighted by Gasteiger charge is 2.31. The molecular formula is C12H17N3O2S. The number of aromatic nitrogens is 1. The molecule has 2 aliphatic carbocycles. The van der Waals surface area contributed by atoms with Crippen molar-refractivity contribution >= 4 is 21.5 Å². The van der Waals surface area contributed by atoms with Gasteiger partial charge in [0.1, 0.15) is 5.82 Å². The van der Waals surface area contributed by atoms with Crippen molar-refractivity contribution in [1.82, 2.24) is 4.98 Å². The molecule has 2 N–H and O–H groups in total. The monoisotopic (exact) mass is 267 g/mol. The van der Waals surface area contributed by atoms with E-state index in [0.717, 1.165) is 25.1 Å². The van der Waals surface area contributed by atoms with Gasteiger partial charge in [0.05, 0.1) is 17.1 Å². The maximum atomic E-state index is 11.9. The van der Waals surface area contributed by atoms with Crippen LogP contribution in [-0.4, -0.2) is 24.7 Å². The standard InChI is InChI=1S/C12H17N3O2S/c16-18(17,11-2-1-3-11)15-10-6-7-12(13-8-10)14-9-4-5-9/h6-9,11,15H,1-5H2,(H,13,14). The zero-order valence-electron chi connectivity index (χ0n) is 10.1. The quantitative estimate of drug-likeness (QED) is 0.855. The van der Waals surface area contributed by atoms with Crippen LogP contribution in [0.15, 0.2) is 18.3 Å². The van der Waals surface area contributed by atoms with Gasteiger partial charge in [-0.05, 0) is 37.8 Å². The Bertz CT molecular complexity index is 519. The molecular weight excluding hydrogens is 250 g/mol. The fraction of sp³-hybridized carbons (Fsp3) is 0.583. The maximum absolute atomic E-state index is 11.9. The minimum atomic E-state index is -3.21. The molecule has 5 nitrogen and oxygen atoms in total. The maximum Gasteiger partial charge on any atom is 0.235 e. The van der Waals surface area contributed by atoms with Crippen molar-refractivity contribution in [3.63, 3.8) is 0 Å². The summed E-state index contributed by atoms with van der Waals surface area (Å²) in [4.78, 5) is 4.21. The molecule has 2 aliphatic rings. The first kappa shape index (κ1) is 11.8. The van der Waals surface area contributed by atoms with Crippen LogP contribution in [0.5, 0.6) is 0 Å². The van der Waals surface area contributed by atoms with Gasteiger partial charge in [-0.1, -0.05) is 6.42 Å². The summed E-state index contributed by atoms with van der Waals surface area (Å²) in [5.74, 6) is 0.809. The number of nitrogens with zero attached hydrogens (tertiary/aromatic N) is 1. The van der Waals surface area contributed by atoms with Gasteiger partial charge >= 0.3 is 0 Å². The summed E-state index contributed by atoms with van der Waals surface area (Å²) in [6.07, 6.45) is 6.50. The predicted octanol–water partition coefficient (Wildman–Crippen LogP) is 1.95. The number of anilines is 2. The van der Waals surface area contributed by atoms with Gasteiger partial charge in [-0.3, -0.25) is 4.72 Å². The Morgan fingerprint density at radius 1 is 1.17 bits per heavy atom. The molecule has 98 valence electrons. The highest BCUT2D eigenvalue weighted by Crippen LogP contribution is 2.28. The van der Waals surface area contributed by atoms with Crippen LogP contribution in [0.2, 0.25) is 0 Å². The number of hydrogen-bond donors (Lipinski definition) is 2. The van der Waals surface area contributed by atoms with Crippen LogP contribution in [0.25, 0.3) is 0 Å². The lowest BCUT2D eigenvalue weighted by Crippen LogP contribution is -2.33. The molecule has 0 spiro atoms. The van der Waals surface area contributed by atoms with E-state index in [1.165, 1.54) is 12.8 Å². The summed E-state index contributed by atoms with van der Waals surface area (Å²) in [6, 6.07) is 4.13. The van der Waals surface area contributed by atoms with Crippen LogP contribution >= 0.6 is 0 Å². The molecule has 0 radical (unpaired) electrons. The molecule has 6 heteroatoms. The molecule has 1 heterocycles. The van der Waals surface area contributed by atoms with Gasteiger partial charge in [0.15, 0.2) is 0 Å². The molecule has 2 saturated carbocycles. The molecule has 0 aliphatic heterocycles. The van der Waals surface area contributed by atoms with Crippen molar-refractivity contribution in [2.24, 2.45) is 0 Å². The summed E-state index contributed by atoms with van der Waals surface area (Å²) in [6.45, 7) is 0. The summed E-state index contributed by atoms with van der Waals surface area (Å²) >= 11 is 0. The van der Waals surface area contributed by atoms with Gasteiger partial charge in [-0.25, -0.2) is 13.4 Å². The largest absolute Gasteiger partial charge is 0.367 e. The summed E-state index contributed by atoms with van der Waals surface area (Å²) in [5.41, 5.74) is 0.545. The van der Waals surface area contributed by atoms with Crippen LogP contribution in [0, 0.1) is 0 Å². The van der Waals surface area contributed by atoms with E-state index in [4.69, 9.17) is 0 Å². The number of hydrogen-bond acceptors (Lipinski definition) is 4. The van der Waals surface area contributed by atoms with Gasteiger partial charge in [0, 0.05) is 6.04 Å². The first-order valence-electron chi connectivity index (χ1n) is 6.38. The Morgan fingerprint density at radius 3 is 2.44 bits per heavy atom. The molecule has 1 aromatic rings. The Labute approximate surface area is 107 Å². The Hall–Kier alpha value is -1.30. The van der Waals surface area contributed by atoms with E-state index in [0.29, 0.717) is 11.7 Å². The lowest BCUT2D eigenvalue weighted by Gasteiger charge is -2.25. The van der Waals surface area contributed by atoms with Crippen molar-refractivity contribution in [1.29, 1.82) is 0 Å². The second-order valence-corrected chi connectivity index (χ2v) is 7.01. The summed E-state index contributed by atoms with van der Waals surface area (Å²) in [7, 11) is -3.21. The van der Waals surface area contributed by atoms with E-state index >= 15 is 0 Å². The van der Waals surface area contributed by atoms with Crippen molar-refractivity contribution in [3.05, 3.63) is 18.3 Å². The van der Waals surface area contributed by atoms with Gasteiger partial charge < -0.3 is 5.32 Å². The van der Waals surface area contributed by atoms with Crippen molar-refractivity contribution in [2.45, 2.75) is 43.4 Å². The second kappa shape index (κ2) is 4.42. The number of rotatable bonds is 5. The average Bonchev–Trinajstić information content (AvgIpc) is 3.01. The van der Waals surface area contributed by atoms with Crippen molar-refractivity contribution in [2.75, 3.05) is 10.0 Å². The van der Waals surface area contributed by atoms with Gasteiger partial charge in [0.25, 0.3) is 0 Å². The van der Waals surface area contributed by atoms with E-state index in [-0.39, 0.29) is 5.25 Å². The molecule has 1 aromatic heterocycles. The molecule has 0 saturated heterocycles. The Kier molecular flexibility index (Phi) is 2.89. The lowest BCUT2D eigenvalue weighted by molar-refractivity contribution is 0.479. The third-order valence-corrected chi connectivity index (χ3v) is 5.31. The molecule has 3 rings (SSSR count). The van der Waals surface area contributed by atoms with E-state index in [1.807, 2.05) is 6.07 Å². The average molecular weight is 267 g/mol. The Balaban J connectivity index is 1.64. The van der Waals surface area contributed by atoms with E-state index in [2.05, 4.69) is 15.0 Å². The summed E-state index contributed by atoms with van der Waals surface area (Å²) < 4.78 is 26.4. The summed E-state index contributed by atoms with van der Waals surface area (Å²) in [5, 5.41) is 3.04. The fourth-order valence-electron chi connectivity index (χ4n) is 1.91. The highest BCUT2D eigenvalue weighted by molar-refractivity contribution is 7.93. The number of sulfonamides is 1. The van der Waals surface area contributed by atoms with Crippen LogP contribution in [-0.2, 0) is 10.0 Å². The first-order valence-corrected chi connectivity index (χ1v) is 7.92. The Morgan fingerprint density at radius 2 is 1.94 bits per heavy atom. The molecule has 0 amide bonds. The first-order chi connectivity index (χ1) is 8.63. The predicted molar refractivity (Wildman–Crippen MR) is 71.1 cm³/mol. The third-order valence-electron chi connectivity index (χ3n) is 3.44. The van der Waals surface area contributed by atoms with Crippen LogP contribution in [0.3, 0.4) is 0 Å². The van der Waals surface area contributed by atoms with Gasteiger partial charge in [-0.15, -0.1) is 0 Å². The molecule has 18 heavy (non-hydrogen) atoms. The molecule has 0 bridgehead atoms. The fourth-order valence-corrected chi connectivity index (χ4v) is 3.48. The minimum absolute atomic E-state index is 0.221. The van der Waals surface area contributed by atoms with Crippen molar-refractivity contribution < 1.29 is 8.42 Å². The molecule has 0 aromatic carbocycles. The van der Waals surface area contributed by atoms with Crippen LogP contribution < -0.4 is 10.0 Å². The SMILES string of the molecule is O=S(=O)(Nc1ccc(NC2CC2)nc1)C1CCC1. The zero-order chi connectivity index (χ0) is 12.6. The molecule has 0 atom stereocenters. The molecule has 2 fully saturated rings. The number of nitrogens with one attached hydrogen (secondary N) is 2. The van der Waals surface area contributed by atoms with Crippen LogP contribution in [0.4, 0.5) is 11.5 Å². The molecule has 0 unspecified atom stereocenters. The minimum Gasteiger partial charge on any atom is -0.367 e. The third kappa shape index (κ3) is 2.58. The topological polar surface area (TPSA) is 71.1 Å².